The highest BCUT2D eigenvalue weighted by Crippen LogP contribution is 2.24. The van der Waals surface area contributed by atoms with E-state index < -0.39 is 16.0 Å². The molecule has 0 amide bonds. The van der Waals surface area contributed by atoms with Crippen molar-refractivity contribution in [1.29, 1.82) is 0 Å². The zero-order valence-electron chi connectivity index (χ0n) is 19.0. The number of H-pyrrole nitrogens is 1. The van der Waals surface area contributed by atoms with Gasteiger partial charge >= 0.3 is 5.97 Å². The molecule has 0 radical (unpaired) electrons. The maximum absolute atomic E-state index is 13.6. The summed E-state index contributed by atoms with van der Waals surface area (Å²) in [6.45, 7) is 3.55. The lowest BCUT2D eigenvalue weighted by Crippen LogP contribution is -2.32. The molecule has 2 heterocycles. The van der Waals surface area contributed by atoms with Crippen LogP contribution in [0.1, 0.15) is 32.8 Å². The van der Waals surface area contributed by atoms with Gasteiger partial charge in [-0.25, -0.2) is 13.2 Å². The zero-order chi connectivity index (χ0) is 24.5. The van der Waals surface area contributed by atoms with Crippen LogP contribution in [0.4, 0.5) is 0 Å². The Bertz CT molecular complexity index is 1520. The van der Waals surface area contributed by atoms with Crippen molar-refractivity contribution >= 4 is 26.9 Å². The summed E-state index contributed by atoms with van der Waals surface area (Å²) in [5.74, 6) is -0.233. The lowest BCUT2D eigenvalue weighted by molar-refractivity contribution is 0.0600. The van der Waals surface area contributed by atoms with E-state index in [4.69, 9.17) is 9.15 Å². The van der Waals surface area contributed by atoms with E-state index in [0.29, 0.717) is 11.3 Å². The molecule has 0 bridgehead atoms. The molecule has 0 atom stereocenters. The van der Waals surface area contributed by atoms with Gasteiger partial charge in [-0.1, -0.05) is 18.2 Å². The van der Waals surface area contributed by atoms with Gasteiger partial charge in [-0.05, 0) is 61.4 Å². The van der Waals surface area contributed by atoms with E-state index in [1.54, 1.807) is 18.2 Å². The molecule has 0 aliphatic rings. The van der Waals surface area contributed by atoms with Gasteiger partial charge in [0.25, 0.3) is 5.56 Å². The van der Waals surface area contributed by atoms with Crippen LogP contribution >= 0.6 is 0 Å². The second kappa shape index (κ2) is 9.28. The molecule has 0 saturated carbocycles. The van der Waals surface area contributed by atoms with Crippen molar-refractivity contribution in [3.8, 4) is 0 Å². The van der Waals surface area contributed by atoms with Crippen LogP contribution in [0.2, 0.25) is 0 Å². The predicted octanol–water partition coefficient (Wildman–Crippen LogP) is 3.92. The number of ether oxygens (including phenoxy) is 1. The molecule has 0 saturated heterocycles. The van der Waals surface area contributed by atoms with Gasteiger partial charge in [-0.2, -0.15) is 4.31 Å². The Kier molecular flexibility index (Phi) is 6.41. The highest BCUT2D eigenvalue weighted by Gasteiger charge is 2.28. The maximum atomic E-state index is 13.6. The number of nitrogens with one attached hydrogen (secondary N) is 1. The molecular weight excluding hydrogens is 456 g/mol. The van der Waals surface area contributed by atoms with Crippen molar-refractivity contribution in [3.05, 3.63) is 99.2 Å². The number of fused-ring (bicyclic) bond motifs is 1. The number of nitrogens with zero attached hydrogens (tertiary/aromatic N) is 1. The van der Waals surface area contributed by atoms with E-state index >= 15 is 0 Å². The standard InChI is InChI=1S/C25H24N2O6S/c1-16-9-10-17(2)23-22(16)13-19(24(28)26-23)14-27(15-20-7-5-11-33-20)34(30,31)21-8-4-6-18(12-21)25(29)32-3/h4-13H,14-15H2,1-3H3,(H,26,28). The van der Waals surface area contributed by atoms with Crippen LogP contribution in [0.5, 0.6) is 0 Å². The monoisotopic (exact) mass is 480 g/mol. The van der Waals surface area contributed by atoms with E-state index in [-0.39, 0.29) is 29.1 Å². The van der Waals surface area contributed by atoms with Crippen molar-refractivity contribution in [1.82, 2.24) is 9.29 Å². The molecule has 4 aromatic rings. The topological polar surface area (TPSA) is 110 Å². The number of rotatable bonds is 7. The second-order valence-electron chi connectivity index (χ2n) is 7.98. The van der Waals surface area contributed by atoms with E-state index in [9.17, 15) is 18.0 Å². The van der Waals surface area contributed by atoms with Crippen LogP contribution in [0, 0.1) is 13.8 Å². The first kappa shape index (κ1) is 23.5. The third-order valence-corrected chi connectivity index (χ3v) is 7.46. The fourth-order valence-corrected chi connectivity index (χ4v) is 5.21. The highest BCUT2D eigenvalue weighted by atomic mass is 32.2. The third-order valence-electron chi connectivity index (χ3n) is 5.67. The summed E-state index contributed by atoms with van der Waals surface area (Å²) in [7, 11) is -2.89. The fraction of sp³-hybridized carbons (Fsp3) is 0.200. The van der Waals surface area contributed by atoms with Crippen LogP contribution < -0.4 is 5.56 Å². The number of hydrogen-bond acceptors (Lipinski definition) is 6. The Hall–Kier alpha value is -3.69. The summed E-state index contributed by atoms with van der Waals surface area (Å²) in [4.78, 5) is 27.7. The summed E-state index contributed by atoms with van der Waals surface area (Å²) in [5, 5.41) is 0.845. The number of furan rings is 1. The predicted molar refractivity (Wildman–Crippen MR) is 127 cm³/mol. The average molecular weight is 481 g/mol. The molecule has 2 aromatic carbocycles. The maximum Gasteiger partial charge on any atom is 0.337 e. The molecule has 34 heavy (non-hydrogen) atoms. The minimum Gasteiger partial charge on any atom is -0.468 e. The molecule has 1 N–H and O–H groups in total. The van der Waals surface area contributed by atoms with Crippen LogP contribution in [-0.4, -0.2) is 30.8 Å². The number of hydrogen-bond donors (Lipinski definition) is 1. The van der Waals surface area contributed by atoms with Crippen molar-refractivity contribution in [2.24, 2.45) is 0 Å². The number of aryl methyl sites for hydroxylation is 2. The Labute approximate surface area is 196 Å². The smallest absolute Gasteiger partial charge is 0.337 e. The van der Waals surface area contributed by atoms with Crippen LogP contribution in [0.25, 0.3) is 10.9 Å². The molecule has 9 heteroatoms. The zero-order valence-corrected chi connectivity index (χ0v) is 19.8. The SMILES string of the molecule is COC(=O)c1cccc(S(=O)(=O)N(Cc2ccco2)Cc2cc3c(C)ccc(C)c3[nH]c2=O)c1. The van der Waals surface area contributed by atoms with Crippen LogP contribution in [-0.2, 0) is 27.8 Å². The molecule has 176 valence electrons. The number of esters is 1. The van der Waals surface area contributed by atoms with Gasteiger partial charge in [0.2, 0.25) is 10.0 Å². The molecule has 4 rings (SSSR count). The third kappa shape index (κ3) is 4.52. The Morgan fingerprint density at radius 2 is 1.79 bits per heavy atom. The van der Waals surface area contributed by atoms with E-state index in [0.717, 1.165) is 26.3 Å². The van der Waals surface area contributed by atoms with E-state index in [2.05, 4.69) is 4.98 Å². The molecule has 0 spiro atoms. The van der Waals surface area contributed by atoms with Crippen LogP contribution in [0.3, 0.4) is 0 Å². The highest BCUT2D eigenvalue weighted by molar-refractivity contribution is 7.89. The van der Waals surface area contributed by atoms with Gasteiger partial charge in [0.05, 0.1) is 35.9 Å². The number of pyridine rings is 1. The van der Waals surface area contributed by atoms with E-state index in [1.165, 1.54) is 37.6 Å². The van der Waals surface area contributed by atoms with Gasteiger partial charge in [0, 0.05) is 17.5 Å². The number of aromatic amines is 1. The number of carbonyl (C=O) groups excluding carboxylic acids is 1. The van der Waals surface area contributed by atoms with Gasteiger partial charge in [0.15, 0.2) is 0 Å². The Balaban J connectivity index is 1.80. The first-order chi connectivity index (χ1) is 16.2. The van der Waals surface area contributed by atoms with Crippen molar-refractivity contribution in [2.75, 3.05) is 7.11 Å². The Morgan fingerprint density at radius 3 is 2.50 bits per heavy atom. The molecule has 8 nitrogen and oxygen atoms in total. The van der Waals surface area contributed by atoms with Gasteiger partial charge in [-0.15, -0.1) is 0 Å². The minimum absolute atomic E-state index is 0.0915. The summed E-state index contributed by atoms with van der Waals surface area (Å²) in [5.41, 5.74) is 2.63. The molecular formula is C25H24N2O6S. The van der Waals surface area contributed by atoms with Gasteiger partial charge in [0.1, 0.15) is 5.76 Å². The first-order valence-corrected chi connectivity index (χ1v) is 12.0. The number of aromatic nitrogens is 1. The van der Waals surface area contributed by atoms with Crippen molar-refractivity contribution < 1.29 is 22.4 Å². The second-order valence-corrected chi connectivity index (χ2v) is 9.92. The summed E-state index contributed by atoms with van der Waals surface area (Å²) >= 11 is 0. The van der Waals surface area contributed by atoms with Gasteiger partial charge < -0.3 is 14.1 Å². The summed E-state index contributed by atoms with van der Waals surface area (Å²) in [6.07, 6.45) is 1.45. The number of methoxy groups -OCH3 is 1. The molecule has 0 unspecified atom stereocenters. The minimum atomic E-state index is -4.12. The largest absolute Gasteiger partial charge is 0.468 e. The van der Waals surface area contributed by atoms with Crippen LogP contribution in [0.15, 0.2) is 75.0 Å². The summed E-state index contributed by atoms with van der Waals surface area (Å²) in [6, 6.07) is 14.5. The van der Waals surface area contributed by atoms with E-state index in [1.807, 2.05) is 26.0 Å². The molecule has 0 aliphatic carbocycles. The number of carbonyl (C=O) groups is 1. The number of benzene rings is 2. The lowest BCUT2D eigenvalue weighted by atomic mass is 10.0. The Morgan fingerprint density at radius 1 is 1.03 bits per heavy atom. The van der Waals surface area contributed by atoms with Gasteiger partial charge in [-0.3, -0.25) is 4.79 Å². The summed E-state index contributed by atoms with van der Waals surface area (Å²) < 4.78 is 38.5. The number of sulfonamides is 1. The molecule has 2 aromatic heterocycles. The average Bonchev–Trinajstić information content (AvgIpc) is 3.34. The quantitative estimate of drug-likeness (QED) is 0.402. The van der Waals surface area contributed by atoms with Crippen molar-refractivity contribution in [3.63, 3.8) is 0 Å². The fourth-order valence-electron chi connectivity index (χ4n) is 3.78. The lowest BCUT2D eigenvalue weighted by Gasteiger charge is -2.22. The molecule has 0 fully saturated rings. The first-order valence-electron chi connectivity index (χ1n) is 10.5. The molecule has 0 aliphatic heterocycles. The normalized spacial score (nSPS) is 11.8. The van der Waals surface area contributed by atoms with Crippen molar-refractivity contribution in [2.45, 2.75) is 31.8 Å².